The Labute approximate surface area is 155 Å². The molecule has 0 fully saturated rings. The third-order valence-electron chi connectivity index (χ3n) is 3.56. The highest BCUT2D eigenvalue weighted by Gasteiger charge is 2.36. The summed E-state index contributed by atoms with van der Waals surface area (Å²) < 4.78 is 62.8. The second-order valence-electron chi connectivity index (χ2n) is 5.38. The van der Waals surface area contributed by atoms with Gasteiger partial charge in [-0.1, -0.05) is 40.2 Å². The van der Waals surface area contributed by atoms with Gasteiger partial charge in [-0.25, -0.2) is 18.5 Å². The number of H-pyrrole nitrogens is 1. The number of halogens is 4. The van der Waals surface area contributed by atoms with Crippen LogP contribution in [0.25, 0.3) is 22.5 Å². The van der Waals surface area contributed by atoms with Gasteiger partial charge in [-0.3, -0.25) is 0 Å². The maximum atomic E-state index is 13.1. The number of sulfonamides is 1. The number of imidazole rings is 1. The van der Waals surface area contributed by atoms with Crippen LogP contribution in [-0.2, 0) is 16.2 Å². The van der Waals surface area contributed by atoms with Crippen LogP contribution in [-0.4, -0.2) is 18.4 Å². The van der Waals surface area contributed by atoms with Gasteiger partial charge >= 0.3 is 6.18 Å². The van der Waals surface area contributed by atoms with Crippen LogP contribution in [0.1, 0.15) is 5.82 Å². The summed E-state index contributed by atoms with van der Waals surface area (Å²) in [5.41, 5.74) is 1.05. The van der Waals surface area contributed by atoms with Gasteiger partial charge in [0.2, 0.25) is 15.8 Å². The number of rotatable bonds is 3. The standard InChI is InChI=1S/C16H11BrF3N3O2S/c17-11-5-1-9(2-6-11)13-14(23-15(22-13)16(18,19)20)10-3-7-12(8-4-10)26(21,24)25/h1-8H,(H,22,23)(H2,21,24,25). The van der Waals surface area contributed by atoms with E-state index in [1.54, 1.807) is 24.3 Å². The van der Waals surface area contributed by atoms with E-state index in [0.29, 0.717) is 11.1 Å². The Balaban J connectivity index is 2.16. The lowest BCUT2D eigenvalue weighted by atomic mass is 10.1. The molecular formula is C16H11BrF3N3O2S. The second-order valence-corrected chi connectivity index (χ2v) is 7.86. The Morgan fingerprint density at radius 1 is 0.962 bits per heavy atom. The summed E-state index contributed by atoms with van der Waals surface area (Å²) in [5.74, 6) is -1.14. The molecule has 2 aromatic carbocycles. The van der Waals surface area contributed by atoms with Crippen LogP contribution < -0.4 is 5.14 Å². The van der Waals surface area contributed by atoms with Crippen molar-refractivity contribution in [2.24, 2.45) is 5.14 Å². The lowest BCUT2D eigenvalue weighted by molar-refractivity contribution is -0.144. The Morgan fingerprint density at radius 2 is 1.50 bits per heavy atom. The van der Waals surface area contributed by atoms with E-state index in [1.165, 1.54) is 24.3 Å². The molecule has 3 rings (SSSR count). The van der Waals surface area contributed by atoms with E-state index >= 15 is 0 Å². The van der Waals surface area contributed by atoms with E-state index in [2.05, 4.69) is 25.9 Å². The van der Waals surface area contributed by atoms with Crippen LogP contribution in [0.15, 0.2) is 57.9 Å². The molecule has 0 spiro atoms. The van der Waals surface area contributed by atoms with Crippen LogP contribution >= 0.6 is 15.9 Å². The number of primary sulfonamides is 1. The monoisotopic (exact) mass is 445 g/mol. The van der Waals surface area contributed by atoms with Gasteiger partial charge in [0.15, 0.2) is 0 Å². The number of aromatic nitrogens is 2. The smallest absolute Gasteiger partial charge is 0.334 e. The molecule has 0 aliphatic carbocycles. The maximum absolute atomic E-state index is 13.1. The number of nitrogens with one attached hydrogen (secondary N) is 1. The molecule has 0 aliphatic heterocycles. The van der Waals surface area contributed by atoms with Crippen LogP contribution in [0.5, 0.6) is 0 Å². The van der Waals surface area contributed by atoms with Crippen molar-refractivity contribution in [1.82, 2.24) is 9.97 Å². The third-order valence-corrected chi connectivity index (χ3v) is 5.02. The largest absolute Gasteiger partial charge is 0.449 e. The van der Waals surface area contributed by atoms with Crippen molar-refractivity contribution < 1.29 is 21.6 Å². The fourth-order valence-electron chi connectivity index (χ4n) is 2.34. The first-order valence-corrected chi connectivity index (χ1v) is 9.46. The fourth-order valence-corrected chi connectivity index (χ4v) is 3.12. The van der Waals surface area contributed by atoms with Crippen molar-refractivity contribution >= 4 is 26.0 Å². The average molecular weight is 446 g/mol. The first kappa shape index (κ1) is 18.6. The quantitative estimate of drug-likeness (QED) is 0.633. The Bertz CT molecular complexity index is 1040. The molecule has 0 atom stereocenters. The van der Waals surface area contributed by atoms with E-state index in [4.69, 9.17) is 5.14 Å². The highest BCUT2D eigenvalue weighted by Crippen LogP contribution is 2.36. The summed E-state index contributed by atoms with van der Waals surface area (Å²) in [5, 5.41) is 5.04. The van der Waals surface area contributed by atoms with Crippen molar-refractivity contribution in [3.8, 4) is 22.5 Å². The fraction of sp³-hybridized carbons (Fsp3) is 0.0625. The Hall–Kier alpha value is -2.17. The average Bonchev–Trinajstić information content (AvgIpc) is 3.00. The van der Waals surface area contributed by atoms with Gasteiger partial charge in [-0.05, 0) is 24.3 Å². The zero-order chi connectivity index (χ0) is 19.1. The van der Waals surface area contributed by atoms with E-state index in [9.17, 15) is 21.6 Å². The van der Waals surface area contributed by atoms with Gasteiger partial charge in [-0.15, -0.1) is 0 Å². The number of nitrogens with two attached hydrogens (primary N) is 1. The van der Waals surface area contributed by atoms with Gasteiger partial charge in [0.05, 0.1) is 16.3 Å². The molecule has 0 bridgehead atoms. The third kappa shape index (κ3) is 3.81. The van der Waals surface area contributed by atoms with Gasteiger partial charge < -0.3 is 4.98 Å². The van der Waals surface area contributed by atoms with E-state index in [1.807, 2.05) is 0 Å². The van der Waals surface area contributed by atoms with Crippen molar-refractivity contribution in [3.63, 3.8) is 0 Å². The van der Waals surface area contributed by atoms with E-state index in [-0.39, 0.29) is 16.3 Å². The molecule has 1 aromatic heterocycles. The summed E-state index contributed by atoms with van der Waals surface area (Å²) in [7, 11) is -3.90. The number of aromatic amines is 1. The molecule has 26 heavy (non-hydrogen) atoms. The molecule has 1 heterocycles. The summed E-state index contributed by atoms with van der Waals surface area (Å²) in [6, 6.07) is 11.8. The minimum atomic E-state index is -4.65. The predicted octanol–water partition coefficient (Wildman–Crippen LogP) is 4.17. The molecule has 3 aromatic rings. The number of hydrogen-bond donors (Lipinski definition) is 2. The molecule has 0 saturated carbocycles. The van der Waals surface area contributed by atoms with Gasteiger partial charge in [0.1, 0.15) is 0 Å². The van der Waals surface area contributed by atoms with Crippen LogP contribution in [0.3, 0.4) is 0 Å². The highest BCUT2D eigenvalue weighted by molar-refractivity contribution is 9.10. The van der Waals surface area contributed by atoms with Crippen molar-refractivity contribution in [2.75, 3.05) is 0 Å². The van der Waals surface area contributed by atoms with Crippen LogP contribution in [0, 0.1) is 0 Å². The van der Waals surface area contributed by atoms with Gasteiger partial charge in [-0.2, -0.15) is 13.2 Å². The van der Waals surface area contributed by atoms with Crippen molar-refractivity contribution in [1.29, 1.82) is 0 Å². The lowest BCUT2D eigenvalue weighted by Crippen LogP contribution is -2.11. The number of benzene rings is 2. The lowest BCUT2D eigenvalue weighted by Gasteiger charge is -2.05. The zero-order valence-corrected chi connectivity index (χ0v) is 15.3. The van der Waals surface area contributed by atoms with Crippen molar-refractivity contribution in [3.05, 3.63) is 58.8 Å². The number of hydrogen-bond acceptors (Lipinski definition) is 3. The molecular weight excluding hydrogens is 435 g/mol. The van der Waals surface area contributed by atoms with Crippen LogP contribution in [0.4, 0.5) is 13.2 Å². The Kier molecular flexibility index (Phi) is 4.67. The second kappa shape index (κ2) is 6.53. The topological polar surface area (TPSA) is 88.8 Å². The number of alkyl halides is 3. The molecule has 10 heteroatoms. The normalized spacial score (nSPS) is 12.3. The van der Waals surface area contributed by atoms with Crippen molar-refractivity contribution in [2.45, 2.75) is 11.1 Å². The maximum Gasteiger partial charge on any atom is 0.449 e. The van der Waals surface area contributed by atoms with E-state index < -0.39 is 22.0 Å². The minimum Gasteiger partial charge on any atom is -0.334 e. The summed E-state index contributed by atoms with van der Waals surface area (Å²) >= 11 is 3.27. The molecule has 136 valence electrons. The number of nitrogens with zero attached hydrogens (tertiary/aromatic N) is 1. The molecule has 3 N–H and O–H groups in total. The summed E-state index contributed by atoms with van der Waals surface area (Å²) in [4.78, 5) is 5.83. The summed E-state index contributed by atoms with van der Waals surface area (Å²) in [6.45, 7) is 0. The minimum absolute atomic E-state index is 0.105. The van der Waals surface area contributed by atoms with E-state index in [0.717, 1.165) is 4.47 Å². The molecule has 0 unspecified atom stereocenters. The molecule has 0 saturated heterocycles. The van der Waals surface area contributed by atoms with Gasteiger partial charge in [0, 0.05) is 15.6 Å². The molecule has 0 amide bonds. The SMILES string of the molecule is NS(=O)(=O)c1ccc(-c2[nH]c(C(F)(F)F)nc2-c2ccc(Br)cc2)cc1. The molecule has 5 nitrogen and oxygen atoms in total. The highest BCUT2D eigenvalue weighted by atomic mass is 79.9. The van der Waals surface area contributed by atoms with Gasteiger partial charge in [0.25, 0.3) is 0 Å². The first-order valence-electron chi connectivity index (χ1n) is 7.12. The zero-order valence-electron chi connectivity index (χ0n) is 12.9. The molecule has 0 aliphatic rings. The first-order chi connectivity index (χ1) is 12.1. The predicted molar refractivity (Wildman–Crippen MR) is 93.5 cm³/mol. The van der Waals surface area contributed by atoms with Crippen LogP contribution in [0.2, 0.25) is 0 Å². The summed E-state index contributed by atoms with van der Waals surface area (Å²) in [6.07, 6.45) is -4.65. The Morgan fingerprint density at radius 3 is 2.00 bits per heavy atom. The molecule has 0 radical (unpaired) electrons.